The second-order valence-electron chi connectivity index (χ2n) is 1.48. The molecule has 0 fully saturated rings. The Morgan fingerprint density at radius 2 is 2.75 bits per heavy atom. The van der Waals surface area contributed by atoms with Crippen LogP contribution in [0, 0.1) is 0 Å². The summed E-state index contributed by atoms with van der Waals surface area (Å²) in [5, 5.41) is 0. The second kappa shape index (κ2) is 1.83. The quantitative estimate of drug-likeness (QED) is 0.432. The summed E-state index contributed by atoms with van der Waals surface area (Å²) in [7, 11) is 0. The fourth-order valence-corrected chi connectivity index (χ4v) is 0.451. The molecule has 3 N–H and O–H groups in total. The number of rotatable bonds is 1. The Morgan fingerprint density at radius 3 is 3.00 bits per heavy atom. The third kappa shape index (κ3) is 0.788. The van der Waals surface area contributed by atoms with Crippen LogP contribution in [0.2, 0.25) is 0 Å². The molecule has 1 rings (SSSR count). The van der Waals surface area contributed by atoms with Crippen molar-refractivity contribution in [3.8, 4) is 0 Å². The van der Waals surface area contributed by atoms with Crippen molar-refractivity contribution in [2.24, 2.45) is 5.73 Å². The fraction of sp³-hybridized carbons (Fsp3) is 0.250. The molecular formula is C4H6N3O. The molecule has 1 aliphatic heterocycles. The highest BCUT2D eigenvalue weighted by Gasteiger charge is 2.08. The van der Waals surface area contributed by atoms with Crippen LogP contribution >= 0.6 is 0 Å². The first kappa shape index (κ1) is 5.11. The van der Waals surface area contributed by atoms with Gasteiger partial charge >= 0.3 is 0 Å². The van der Waals surface area contributed by atoms with Gasteiger partial charge in [-0.05, 0) is 0 Å². The SMILES string of the molecule is NC(=O)C1=C[N]NC1. The van der Waals surface area contributed by atoms with Crippen LogP contribution in [0.15, 0.2) is 11.8 Å². The fourth-order valence-electron chi connectivity index (χ4n) is 0.451. The molecular weight excluding hydrogens is 106 g/mol. The molecule has 0 aliphatic carbocycles. The Balaban J connectivity index is 2.57. The van der Waals surface area contributed by atoms with Gasteiger partial charge in [-0.15, -0.1) is 0 Å². The summed E-state index contributed by atoms with van der Waals surface area (Å²) in [6.45, 7) is 0.468. The zero-order chi connectivity index (χ0) is 5.98. The van der Waals surface area contributed by atoms with Crippen LogP contribution in [-0.4, -0.2) is 12.5 Å². The minimum Gasteiger partial charge on any atom is -0.366 e. The average molecular weight is 112 g/mol. The van der Waals surface area contributed by atoms with Gasteiger partial charge in [-0.3, -0.25) is 4.79 Å². The van der Waals surface area contributed by atoms with Crippen LogP contribution in [0.3, 0.4) is 0 Å². The molecule has 1 heterocycles. The first-order valence-corrected chi connectivity index (χ1v) is 2.22. The molecule has 0 saturated carbocycles. The van der Waals surface area contributed by atoms with E-state index >= 15 is 0 Å². The number of hydrogen-bond donors (Lipinski definition) is 2. The number of primary amides is 1. The van der Waals surface area contributed by atoms with Crippen LogP contribution in [0.25, 0.3) is 0 Å². The van der Waals surface area contributed by atoms with Crippen LogP contribution < -0.4 is 16.6 Å². The van der Waals surface area contributed by atoms with Crippen LogP contribution in [0.1, 0.15) is 0 Å². The van der Waals surface area contributed by atoms with E-state index in [1.165, 1.54) is 6.20 Å². The molecule has 43 valence electrons. The van der Waals surface area contributed by atoms with E-state index in [4.69, 9.17) is 5.73 Å². The molecule has 0 aromatic carbocycles. The van der Waals surface area contributed by atoms with Gasteiger partial charge in [0, 0.05) is 6.54 Å². The largest absolute Gasteiger partial charge is 0.366 e. The van der Waals surface area contributed by atoms with E-state index in [1.54, 1.807) is 0 Å². The lowest BCUT2D eigenvalue weighted by Gasteiger charge is -1.87. The van der Waals surface area contributed by atoms with Gasteiger partial charge in [-0.25, -0.2) is 10.9 Å². The Hall–Kier alpha value is -1.03. The Morgan fingerprint density at radius 1 is 2.00 bits per heavy atom. The zero-order valence-corrected chi connectivity index (χ0v) is 4.22. The molecule has 4 heteroatoms. The van der Waals surface area contributed by atoms with Gasteiger partial charge in [0.05, 0.1) is 11.8 Å². The summed E-state index contributed by atoms with van der Waals surface area (Å²) in [4.78, 5) is 10.3. The predicted molar refractivity (Wildman–Crippen MR) is 27.4 cm³/mol. The smallest absolute Gasteiger partial charge is 0.247 e. The molecule has 4 nitrogen and oxygen atoms in total. The normalized spacial score (nSPS) is 17.2. The summed E-state index contributed by atoms with van der Waals surface area (Å²) < 4.78 is 0. The van der Waals surface area contributed by atoms with E-state index < -0.39 is 5.91 Å². The summed E-state index contributed by atoms with van der Waals surface area (Å²) >= 11 is 0. The molecule has 1 amide bonds. The summed E-state index contributed by atoms with van der Waals surface area (Å²) in [6.07, 6.45) is 1.43. The predicted octanol–water partition coefficient (Wildman–Crippen LogP) is -1.52. The van der Waals surface area contributed by atoms with Crippen molar-refractivity contribution < 1.29 is 4.79 Å². The topological polar surface area (TPSA) is 69.2 Å². The number of hydrogen-bond acceptors (Lipinski definition) is 2. The summed E-state index contributed by atoms with van der Waals surface area (Å²) in [6, 6.07) is 0. The van der Waals surface area contributed by atoms with Gasteiger partial charge in [-0.2, -0.15) is 0 Å². The summed E-state index contributed by atoms with van der Waals surface area (Å²) in [5.41, 5.74) is 11.6. The van der Waals surface area contributed by atoms with Crippen molar-refractivity contribution in [1.82, 2.24) is 10.9 Å². The van der Waals surface area contributed by atoms with Gasteiger partial charge < -0.3 is 5.73 Å². The molecule has 0 bridgehead atoms. The number of nitrogens with zero attached hydrogens (tertiary/aromatic N) is 1. The van der Waals surface area contributed by atoms with Gasteiger partial charge in [0.15, 0.2) is 0 Å². The monoisotopic (exact) mass is 112 g/mol. The molecule has 0 spiro atoms. The molecule has 0 unspecified atom stereocenters. The van der Waals surface area contributed by atoms with Gasteiger partial charge in [0.1, 0.15) is 0 Å². The second-order valence-corrected chi connectivity index (χ2v) is 1.48. The van der Waals surface area contributed by atoms with Crippen molar-refractivity contribution in [2.45, 2.75) is 0 Å². The van der Waals surface area contributed by atoms with E-state index in [9.17, 15) is 4.79 Å². The lowest BCUT2D eigenvalue weighted by molar-refractivity contribution is -0.114. The maximum Gasteiger partial charge on any atom is 0.247 e. The van der Waals surface area contributed by atoms with Crippen LogP contribution in [-0.2, 0) is 4.79 Å². The Labute approximate surface area is 46.7 Å². The Kier molecular flexibility index (Phi) is 1.17. The molecule has 1 radical (unpaired) electrons. The molecule has 0 aromatic rings. The zero-order valence-electron chi connectivity index (χ0n) is 4.22. The highest BCUT2D eigenvalue weighted by atomic mass is 16.1. The van der Waals surface area contributed by atoms with E-state index in [0.29, 0.717) is 12.1 Å². The Bertz CT molecular complexity index is 140. The maximum atomic E-state index is 10.3. The number of carbonyl (C=O) groups excluding carboxylic acids is 1. The average Bonchev–Trinajstić information content (AvgIpc) is 2.12. The van der Waals surface area contributed by atoms with Crippen LogP contribution in [0.4, 0.5) is 0 Å². The van der Waals surface area contributed by atoms with Crippen molar-refractivity contribution in [1.29, 1.82) is 0 Å². The maximum absolute atomic E-state index is 10.3. The molecule has 0 aromatic heterocycles. The summed E-state index contributed by atoms with van der Waals surface area (Å²) in [5.74, 6) is -0.404. The minimum absolute atomic E-state index is 0.404. The third-order valence-electron chi connectivity index (χ3n) is 0.898. The standard InChI is InChI=1S/C4H6N3O/c5-4(8)3-1-6-7-2-3/h1,7H,2H2,(H2,5,8). The highest BCUT2D eigenvalue weighted by Crippen LogP contribution is 1.92. The van der Waals surface area contributed by atoms with E-state index in [2.05, 4.69) is 10.9 Å². The first-order valence-electron chi connectivity index (χ1n) is 2.22. The first-order chi connectivity index (χ1) is 3.80. The van der Waals surface area contributed by atoms with Gasteiger partial charge in [-0.1, -0.05) is 0 Å². The number of carbonyl (C=O) groups is 1. The molecule has 1 aliphatic rings. The van der Waals surface area contributed by atoms with E-state index in [1.807, 2.05) is 0 Å². The van der Waals surface area contributed by atoms with Crippen molar-refractivity contribution in [3.63, 3.8) is 0 Å². The molecule has 0 atom stereocenters. The van der Waals surface area contributed by atoms with Gasteiger partial charge in [0.25, 0.3) is 0 Å². The lowest BCUT2D eigenvalue weighted by atomic mass is 10.3. The molecule has 0 saturated heterocycles. The van der Waals surface area contributed by atoms with Gasteiger partial charge in [0.2, 0.25) is 5.91 Å². The highest BCUT2D eigenvalue weighted by molar-refractivity contribution is 5.92. The number of amides is 1. The van der Waals surface area contributed by atoms with E-state index in [0.717, 1.165) is 0 Å². The molecule has 8 heavy (non-hydrogen) atoms. The van der Waals surface area contributed by atoms with Crippen molar-refractivity contribution in [2.75, 3.05) is 6.54 Å². The van der Waals surface area contributed by atoms with Crippen LogP contribution in [0.5, 0.6) is 0 Å². The number of nitrogens with one attached hydrogen (secondary N) is 1. The number of nitrogens with two attached hydrogens (primary N) is 1. The minimum atomic E-state index is -0.404. The lowest BCUT2D eigenvalue weighted by Crippen LogP contribution is -2.19. The van der Waals surface area contributed by atoms with E-state index in [-0.39, 0.29) is 0 Å². The van der Waals surface area contributed by atoms with Crippen molar-refractivity contribution in [3.05, 3.63) is 11.8 Å². The van der Waals surface area contributed by atoms with Crippen molar-refractivity contribution >= 4 is 5.91 Å². The third-order valence-corrected chi connectivity index (χ3v) is 0.898.